The van der Waals surface area contributed by atoms with Crippen LogP contribution in [0.25, 0.3) is 5.69 Å². The first-order chi connectivity index (χ1) is 13.5. The minimum atomic E-state index is -3.84. The molecule has 28 heavy (non-hydrogen) atoms. The van der Waals surface area contributed by atoms with Gasteiger partial charge < -0.3 is 9.52 Å². The van der Waals surface area contributed by atoms with Crippen molar-refractivity contribution in [2.45, 2.75) is 10.5 Å². The predicted molar refractivity (Wildman–Crippen MR) is 105 cm³/mol. The van der Waals surface area contributed by atoms with Gasteiger partial charge in [0.15, 0.2) is 5.60 Å². The highest BCUT2D eigenvalue weighted by Crippen LogP contribution is 2.33. The zero-order valence-corrected chi connectivity index (χ0v) is 16.2. The summed E-state index contributed by atoms with van der Waals surface area (Å²) in [5.41, 5.74) is -0.852. The molecule has 1 atom stereocenters. The van der Waals surface area contributed by atoms with Gasteiger partial charge in [-0.1, -0.05) is 6.07 Å². The fourth-order valence-electron chi connectivity index (χ4n) is 2.81. The maximum Gasteiger partial charge on any atom is 0.240 e. The minimum Gasteiger partial charge on any atom is -0.466 e. The Morgan fingerprint density at radius 2 is 1.96 bits per heavy atom. The fraction of sp³-hybridized carbons (Fsp3) is 0.105. The third-order valence-corrected chi connectivity index (χ3v) is 6.73. The Bertz CT molecular complexity index is 1080. The van der Waals surface area contributed by atoms with Gasteiger partial charge >= 0.3 is 0 Å². The molecule has 3 heterocycles. The van der Waals surface area contributed by atoms with Crippen LogP contribution in [0.4, 0.5) is 0 Å². The molecular formula is C19H17N3O4S2. The summed E-state index contributed by atoms with van der Waals surface area (Å²) in [7, 11) is -3.84. The van der Waals surface area contributed by atoms with Gasteiger partial charge in [-0.3, -0.25) is 0 Å². The van der Waals surface area contributed by atoms with Gasteiger partial charge in [-0.2, -0.15) is 5.10 Å². The third-order valence-electron chi connectivity index (χ3n) is 4.29. The van der Waals surface area contributed by atoms with E-state index >= 15 is 0 Å². The monoisotopic (exact) mass is 415 g/mol. The van der Waals surface area contributed by atoms with Gasteiger partial charge in [0.2, 0.25) is 10.0 Å². The molecule has 0 unspecified atom stereocenters. The van der Waals surface area contributed by atoms with Crippen molar-refractivity contribution < 1.29 is 17.9 Å². The Labute approximate surface area is 165 Å². The molecule has 4 rings (SSSR count). The van der Waals surface area contributed by atoms with Gasteiger partial charge in [-0.25, -0.2) is 17.8 Å². The number of hydrogen-bond donors (Lipinski definition) is 2. The van der Waals surface area contributed by atoms with E-state index in [-0.39, 0.29) is 17.2 Å². The van der Waals surface area contributed by atoms with Gasteiger partial charge in [-0.15, -0.1) is 11.3 Å². The van der Waals surface area contributed by atoms with Crippen LogP contribution < -0.4 is 4.72 Å². The zero-order chi connectivity index (χ0) is 19.6. The van der Waals surface area contributed by atoms with E-state index in [1.807, 2.05) is 5.38 Å². The summed E-state index contributed by atoms with van der Waals surface area (Å²) in [5.74, 6) is 0.270. The number of rotatable bonds is 7. The lowest BCUT2D eigenvalue weighted by molar-refractivity contribution is 0.0655. The van der Waals surface area contributed by atoms with Gasteiger partial charge in [0.25, 0.3) is 0 Å². The van der Waals surface area contributed by atoms with Crippen molar-refractivity contribution in [2.75, 3.05) is 6.54 Å². The summed E-state index contributed by atoms with van der Waals surface area (Å²) in [6, 6.07) is 14.9. The van der Waals surface area contributed by atoms with Crippen LogP contribution in [0.15, 0.2) is 87.9 Å². The van der Waals surface area contributed by atoms with Crippen molar-refractivity contribution in [1.82, 2.24) is 14.5 Å². The van der Waals surface area contributed by atoms with Crippen LogP contribution in [-0.4, -0.2) is 29.8 Å². The SMILES string of the molecule is O=S(=O)(NC[C@@](O)(c1ccco1)c1cccs1)c1ccc(-n2cccn2)cc1. The summed E-state index contributed by atoms with van der Waals surface area (Å²) in [6.45, 7) is -0.260. The second kappa shape index (κ2) is 7.36. The van der Waals surface area contributed by atoms with Gasteiger partial charge in [-0.05, 0) is 53.9 Å². The van der Waals surface area contributed by atoms with Crippen LogP contribution in [0.1, 0.15) is 10.6 Å². The van der Waals surface area contributed by atoms with E-state index in [0.29, 0.717) is 4.88 Å². The third kappa shape index (κ3) is 3.52. The van der Waals surface area contributed by atoms with Crippen LogP contribution in [0.5, 0.6) is 0 Å². The molecule has 144 valence electrons. The van der Waals surface area contributed by atoms with Crippen molar-refractivity contribution in [2.24, 2.45) is 0 Å². The number of thiophene rings is 1. The average Bonchev–Trinajstić information content (AvgIpc) is 3.49. The average molecular weight is 415 g/mol. The van der Waals surface area contributed by atoms with Gasteiger partial charge in [0.05, 0.1) is 23.4 Å². The van der Waals surface area contributed by atoms with Crippen molar-refractivity contribution >= 4 is 21.4 Å². The second-order valence-electron chi connectivity index (χ2n) is 6.08. The lowest BCUT2D eigenvalue weighted by Gasteiger charge is -2.25. The van der Waals surface area contributed by atoms with Crippen molar-refractivity contribution in [3.63, 3.8) is 0 Å². The summed E-state index contributed by atoms with van der Waals surface area (Å²) < 4.78 is 35.0. The highest BCUT2D eigenvalue weighted by Gasteiger charge is 2.37. The molecule has 0 spiro atoms. The lowest BCUT2D eigenvalue weighted by Crippen LogP contribution is -2.40. The second-order valence-corrected chi connectivity index (χ2v) is 8.80. The molecular weight excluding hydrogens is 398 g/mol. The zero-order valence-electron chi connectivity index (χ0n) is 14.6. The summed E-state index contributed by atoms with van der Waals surface area (Å²) >= 11 is 1.32. The number of furan rings is 1. The number of sulfonamides is 1. The number of hydrogen-bond acceptors (Lipinski definition) is 6. The Balaban J connectivity index is 1.57. The highest BCUT2D eigenvalue weighted by molar-refractivity contribution is 7.89. The first-order valence-electron chi connectivity index (χ1n) is 8.39. The molecule has 0 amide bonds. The van der Waals surface area contributed by atoms with Crippen LogP contribution in [0, 0.1) is 0 Å². The number of aliphatic hydroxyl groups is 1. The molecule has 0 fully saturated rings. The highest BCUT2D eigenvalue weighted by atomic mass is 32.2. The molecule has 0 aliphatic heterocycles. The van der Waals surface area contributed by atoms with Crippen LogP contribution in [0.2, 0.25) is 0 Å². The molecule has 4 aromatic rings. The first-order valence-corrected chi connectivity index (χ1v) is 10.8. The maximum absolute atomic E-state index is 12.7. The molecule has 0 aliphatic carbocycles. The Kier molecular flexibility index (Phi) is 4.90. The van der Waals surface area contributed by atoms with E-state index in [0.717, 1.165) is 5.69 Å². The van der Waals surface area contributed by atoms with Crippen LogP contribution in [-0.2, 0) is 15.6 Å². The number of nitrogens with one attached hydrogen (secondary N) is 1. The van der Waals surface area contributed by atoms with E-state index in [1.54, 1.807) is 59.5 Å². The number of nitrogens with zero attached hydrogens (tertiary/aromatic N) is 2. The fourth-order valence-corrected chi connectivity index (χ4v) is 4.69. The summed E-state index contributed by atoms with van der Waals surface area (Å²) in [5, 5.41) is 17.1. The summed E-state index contributed by atoms with van der Waals surface area (Å²) in [4.78, 5) is 0.676. The van der Waals surface area contributed by atoms with Crippen LogP contribution in [0.3, 0.4) is 0 Å². The molecule has 0 saturated carbocycles. The van der Waals surface area contributed by atoms with Crippen LogP contribution >= 0.6 is 11.3 Å². The molecule has 1 aromatic carbocycles. The van der Waals surface area contributed by atoms with Crippen molar-refractivity contribution in [1.29, 1.82) is 0 Å². The topological polar surface area (TPSA) is 97.4 Å². The largest absolute Gasteiger partial charge is 0.466 e. The Morgan fingerprint density at radius 3 is 2.57 bits per heavy atom. The minimum absolute atomic E-state index is 0.0939. The quantitative estimate of drug-likeness (QED) is 0.484. The van der Waals surface area contributed by atoms with E-state index < -0.39 is 15.6 Å². The standard InChI is InChI=1S/C19H17N3O4S2/c23-19(17-4-1-12-26-17,18-5-2-13-27-18)14-21-28(24,25)16-8-6-15(7-9-16)22-11-3-10-20-22/h1-13,21,23H,14H2/t19-/m1/s1. The molecule has 2 N–H and O–H groups in total. The smallest absolute Gasteiger partial charge is 0.240 e. The Hall–Kier alpha value is -2.72. The summed E-state index contributed by atoms with van der Waals surface area (Å²) in [6.07, 6.45) is 4.86. The predicted octanol–water partition coefficient (Wildman–Crippen LogP) is 2.74. The lowest BCUT2D eigenvalue weighted by atomic mass is 9.99. The number of aromatic nitrogens is 2. The van der Waals surface area contributed by atoms with Crippen molar-refractivity contribution in [3.05, 3.63) is 89.3 Å². The van der Waals surface area contributed by atoms with Gasteiger partial charge in [0.1, 0.15) is 5.76 Å². The number of benzene rings is 1. The Morgan fingerprint density at radius 1 is 1.14 bits per heavy atom. The molecule has 9 heteroatoms. The van der Waals surface area contributed by atoms with E-state index in [4.69, 9.17) is 4.42 Å². The molecule has 0 aliphatic rings. The van der Waals surface area contributed by atoms with Crippen molar-refractivity contribution in [3.8, 4) is 5.69 Å². The van der Waals surface area contributed by atoms with E-state index in [9.17, 15) is 13.5 Å². The molecule has 0 radical (unpaired) electrons. The maximum atomic E-state index is 12.7. The normalized spacial score (nSPS) is 14.0. The molecule has 7 nitrogen and oxygen atoms in total. The molecule has 3 aromatic heterocycles. The van der Waals surface area contributed by atoms with E-state index in [2.05, 4.69) is 9.82 Å². The van der Waals surface area contributed by atoms with E-state index in [1.165, 1.54) is 29.7 Å². The molecule has 0 saturated heterocycles. The molecule has 0 bridgehead atoms. The first kappa shape index (κ1) is 18.6. The van der Waals surface area contributed by atoms with Gasteiger partial charge in [0, 0.05) is 17.3 Å².